The SMILES string of the molecule is CCOC(=O)c1csc2ncn(C(C)C(C)=O)c(=O)c12. The lowest BCUT2D eigenvalue weighted by Crippen LogP contribution is -2.27. The zero-order chi connectivity index (χ0) is 14.9. The Labute approximate surface area is 119 Å². The summed E-state index contributed by atoms with van der Waals surface area (Å²) in [5.74, 6) is -0.702. The monoisotopic (exact) mass is 294 g/mol. The Morgan fingerprint density at radius 2 is 2.20 bits per heavy atom. The minimum atomic E-state index is -0.616. The predicted molar refractivity (Wildman–Crippen MR) is 75.2 cm³/mol. The van der Waals surface area contributed by atoms with Crippen LogP contribution in [0.4, 0.5) is 0 Å². The molecule has 0 radical (unpaired) electrons. The van der Waals surface area contributed by atoms with Gasteiger partial charge in [0.2, 0.25) is 0 Å². The van der Waals surface area contributed by atoms with Gasteiger partial charge >= 0.3 is 5.97 Å². The fourth-order valence-corrected chi connectivity index (χ4v) is 2.64. The summed E-state index contributed by atoms with van der Waals surface area (Å²) >= 11 is 1.20. The second kappa shape index (κ2) is 5.54. The summed E-state index contributed by atoms with van der Waals surface area (Å²) < 4.78 is 6.16. The van der Waals surface area contributed by atoms with E-state index in [0.29, 0.717) is 4.83 Å². The molecule has 0 aliphatic carbocycles. The van der Waals surface area contributed by atoms with Crippen LogP contribution in [-0.4, -0.2) is 27.9 Å². The molecule has 20 heavy (non-hydrogen) atoms. The molecule has 0 N–H and O–H groups in total. The van der Waals surface area contributed by atoms with E-state index in [1.54, 1.807) is 19.2 Å². The van der Waals surface area contributed by atoms with Crippen LogP contribution >= 0.6 is 11.3 Å². The standard InChI is InChI=1S/C13H14N2O4S/c1-4-19-13(18)9-5-20-11-10(9)12(17)15(6-14-11)7(2)8(3)16/h5-7H,4H2,1-3H3. The van der Waals surface area contributed by atoms with E-state index >= 15 is 0 Å². The molecule has 0 fully saturated rings. The van der Waals surface area contributed by atoms with E-state index in [1.807, 2.05) is 0 Å². The van der Waals surface area contributed by atoms with Crippen LogP contribution in [0.2, 0.25) is 0 Å². The number of hydrogen-bond acceptors (Lipinski definition) is 6. The Morgan fingerprint density at radius 3 is 2.80 bits per heavy atom. The lowest BCUT2D eigenvalue weighted by molar-refractivity contribution is -0.119. The zero-order valence-electron chi connectivity index (χ0n) is 11.4. The third-order valence-electron chi connectivity index (χ3n) is 3.02. The molecule has 0 saturated carbocycles. The Hall–Kier alpha value is -2.02. The number of fused-ring (bicyclic) bond motifs is 1. The minimum absolute atomic E-state index is 0.152. The number of nitrogens with zero attached hydrogens (tertiary/aromatic N) is 2. The lowest BCUT2D eigenvalue weighted by Gasteiger charge is -2.11. The maximum absolute atomic E-state index is 12.4. The van der Waals surface area contributed by atoms with E-state index < -0.39 is 17.6 Å². The molecule has 6 nitrogen and oxygen atoms in total. The number of ketones is 1. The largest absolute Gasteiger partial charge is 0.462 e. The Bertz CT molecular complexity index is 732. The third-order valence-corrected chi connectivity index (χ3v) is 3.91. The van der Waals surface area contributed by atoms with E-state index in [9.17, 15) is 14.4 Å². The van der Waals surface area contributed by atoms with Crippen molar-refractivity contribution >= 4 is 33.3 Å². The molecule has 7 heteroatoms. The smallest absolute Gasteiger partial charge is 0.339 e. The summed E-state index contributed by atoms with van der Waals surface area (Å²) in [6.45, 7) is 4.95. The second-order valence-corrected chi connectivity index (χ2v) is 5.15. The van der Waals surface area contributed by atoms with Crippen molar-refractivity contribution in [3.8, 4) is 0 Å². The molecule has 106 valence electrons. The van der Waals surface area contributed by atoms with Crippen LogP contribution in [0, 0.1) is 0 Å². The molecule has 2 rings (SSSR count). The summed E-state index contributed by atoms with van der Waals surface area (Å²) in [6.07, 6.45) is 1.34. The highest BCUT2D eigenvalue weighted by molar-refractivity contribution is 7.17. The summed E-state index contributed by atoms with van der Waals surface area (Å²) in [7, 11) is 0. The van der Waals surface area contributed by atoms with Gasteiger partial charge in [-0.15, -0.1) is 11.3 Å². The highest BCUT2D eigenvalue weighted by Crippen LogP contribution is 2.22. The van der Waals surface area contributed by atoms with Crippen LogP contribution in [0.25, 0.3) is 10.2 Å². The molecule has 0 aliphatic rings. The second-order valence-electron chi connectivity index (χ2n) is 4.29. The average molecular weight is 294 g/mol. The van der Waals surface area contributed by atoms with E-state index in [2.05, 4.69) is 4.98 Å². The van der Waals surface area contributed by atoms with Crippen LogP contribution in [0.1, 0.15) is 37.2 Å². The van der Waals surface area contributed by atoms with Crippen LogP contribution in [0.5, 0.6) is 0 Å². The van der Waals surface area contributed by atoms with Gasteiger partial charge in [-0.2, -0.15) is 0 Å². The number of carbonyl (C=O) groups excluding carboxylic acids is 2. The van der Waals surface area contributed by atoms with Gasteiger partial charge in [0.25, 0.3) is 5.56 Å². The molecule has 0 aromatic carbocycles. The number of ether oxygens (including phenoxy) is 1. The minimum Gasteiger partial charge on any atom is -0.462 e. The fraction of sp³-hybridized carbons (Fsp3) is 0.385. The maximum Gasteiger partial charge on any atom is 0.339 e. The van der Waals surface area contributed by atoms with Crippen LogP contribution in [0.3, 0.4) is 0 Å². The van der Waals surface area contributed by atoms with Gasteiger partial charge in [0, 0.05) is 5.38 Å². The predicted octanol–water partition coefficient (Wildman–Crippen LogP) is 1.78. The van der Waals surface area contributed by atoms with Crippen molar-refractivity contribution in [2.24, 2.45) is 0 Å². The van der Waals surface area contributed by atoms with Crippen molar-refractivity contribution in [1.29, 1.82) is 0 Å². The average Bonchev–Trinajstić information content (AvgIpc) is 2.83. The van der Waals surface area contributed by atoms with Crippen LogP contribution < -0.4 is 5.56 Å². The first-order valence-corrected chi connectivity index (χ1v) is 7.01. The number of rotatable bonds is 4. The van der Waals surface area contributed by atoms with E-state index in [4.69, 9.17) is 4.74 Å². The maximum atomic E-state index is 12.4. The summed E-state index contributed by atoms with van der Waals surface area (Å²) in [4.78, 5) is 40.3. The van der Waals surface area contributed by atoms with E-state index in [-0.39, 0.29) is 23.3 Å². The summed E-state index contributed by atoms with van der Waals surface area (Å²) in [6, 6.07) is -0.616. The first kappa shape index (κ1) is 14.4. The molecule has 2 heterocycles. The third kappa shape index (κ3) is 2.36. The van der Waals surface area contributed by atoms with Gasteiger partial charge in [0.15, 0.2) is 5.78 Å². The van der Waals surface area contributed by atoms with Crippen LogP contribution in [0.15, 0.2) is 16.5 Å². The Kier molecular flexibility index (Phi) is 3.99. The molecule has 2 aromatic heterocycles. The molecular weight excluding hydrogens is 280 g/mol. The number of esters is 1. The molecule has 0 spiro atoms. The molecule has 0 aliphatic heterocycles. The number of Topliss-reactive ketones (excluding diaryl/α,β-unsaturated/α-hetero) is 1. The number of aromatic nitrogens is 2. The highest BCUT2D eigenvalue weighted by atomic mass is 32.1. The van der Waals surface area contributed by atoms with Crippen molar-refractivity contribution in [1.82, 2.24) is 9.55 Å². The van der Waals surface area contributed by atoms with Gasteiger partial charge in [0.05, 0.1) is 29.9 Å². The molecular formula is C13H14N2O4S. The van der Waals surface area contributed by atoms with Gasteiger partial charge in [-0.3, -0.25) is 14.2 Å². The first-order valence-electron chi connectivity index (χ1n) is 6.13. The van der Waals surface area contributed by atoms with Gasteiger partial charge in [-0.05, 0) is 20.8 Å². The van der Waals surface area contributed by atoms with Crippen molar-refractivity contribution in [3.05, 3.63) is 27.6 Å². The molecule has 1 unspecified atom stereocenters. The van der Waals surface area contributed by atoms with E-state index in [0.717, 1.165) is 0 Å². The molecule has 1 atom stereocenters. The van der Waals surface area contributed by atoms with Crippen molar-refractivity contribution in [2.45, 2.75) is 26.8 Å². The number of thiophene rings is 1. The van der Waals surface area contributed by atoms with Gasteiger partial charge < -0.3 is 4.74 Å². The number of hydrogen-bond donors (Lipinski definition) is 0. The molecule has 2 aromatic rings. The van der Waals surface area contributed by atoms with Crippen molar-refractivity contribution in [3.63, 3.8) is 0 Å². The van der Waals surface area contributed by atoms with Crippen LogP contribution in [-0.2, 0) is 9.53 Å². The van der Waals surface area contributed by atoms with Gasteiger partial charge in [-0.25, -0.2) is 9.78 Å². The summed E-state index contributed by atoms with van der Waals surface area (Å²) in [5, 5.41) is 1.77. The molecule has 0 saturated heterocycles. The normalized spacial score (nSPS) is 12.3. The fourth-order valence-electron chi connectivity index (χ4n) is 1.78. The molecule has 0 amide bonds. The quantitative estimate of drug-likeness (QED) is 0.803. The summed E-state index contributed by atoms with van der Waals surface area (Å²) in [5.41, 5.74) is -0.198. The Balaban J connectivity index is 2.65. The van der Waals surface area contributed by atoms with E-state index in [1.165, 1.54) is 29.2 Å². The highest BCUT2D eigenvalue weighted by Gasteiger charge is 2.20. The Morgan fingerprint density at radius 1 is 1.50 bits per heavy atom. The zero-order valence-corrected chi connectivity index (χ0v) is 12.2. The lowest BCUT2D eigenvalue weighted by atomic mass is 10.2. The van der Waals surface area contributed by atoms with Crippen molar-refractivity contribution in [2.75, 3.05) is 6.61 Å². The molecule has 0 bridgehead atoms. The van der Waals surface area contributed by atoms with Crippen molar-refractivity contribution < 1.29 is 14.3 Å². The number of carbonyl (C=O) groups is 2. The first-order chi connectivity index (χ1) is 9.47. The van der Waals surface area contributed by atoms with Gasteiger partial charge in [-0.1, -0.05) is 0 Å². The topological polar surface area (TPSA) is 78.3 Å². The van der Waals surface area contributed by atoms with Gasteiger partial charge in [0.1, 0.15) is 4.83 Å².